The Morgan fingerprint density at radius 1 is 1.17 bits per heavy atom. The number of amides is 1. The minimum atomic E-state index is -3.59. The fourth-order valence-electron chi connectivity index (χ4n) is 2.49. The Kier molecular flexibility index (Phi) is 7.89. The highest BCUT2D eigenvalue weighted by Crippen LogP contribution is 2.36. The summed E-state index contributed by atoms with van der Waals surface area (Å²) >= 11 is 6.25. The number of sulfonamides is 1. The summed E-state index contributed by atoms with van der Waals surface area (Å²) in [6, 6.07) is 8.70. The highest BCUT2D eigenvalue weighted by atomic mass is 35.5. The number of carbonyl (C=O) groups is 1. The van der Waals surface area contributed by atoms with Crippen LogP contribution in [0.4, 0.5) is 5.69 Å². The van der Waals surface area contributed by atoms with E-state index in [9.17, 15) is 13.2 Å². The summed E-state index contributed by atoms with van der Waals surface area (Å²) in [5.41, 5.74) is 0.730. The summed E-state index contributed by atoms with van der Waals surface area (Å²) in [6.45, 7) is 5.92. The number of rotatable bonds is 9. The van der Waals surface area contributed by atoms with Crippen LogP contribution in [0.25, 0.3) is 0 Å². The number of carbonyl (C=O) groups excluding carboxylic acids is 1. The second kappa shape index (κ2) is 9.96. The van der Waals surface area contributed by atoms with E-state index in [0.717, 1.165) is 6.42 Å². The number of nitrogens with one attached hydrogen (secondary N) is 2. The van der Waals surface area contributed by atoms with Crippen LogP contribution < -0.4 is 19.5 Å². The molecular weight excluding hydrogens is 416 g/mol. The minimum absolute atomic E-state index is 0.117. The van der Waals surface area contributed by atoms with Crippen molar-refractivity contribution in [2.75, 3.05) is 19.0 Å². The zero-order valence-electron chi connectivity index (χ0n) is 16.8. The Hall–Kier alpha value is -2.29. The quantitative estimate of drug-likeness (QED) is 0.612. The van der Waals surface area contributed by atoms with Crippen LogP contribution in [0.15, 0.2) is 41.3 Å². The summed E-state index contributed by atoms with van der Waals surface area (Å²) < 4.78 is 37.7. The van der Waals surface area contributed by atoms with Crippen LogP contribution in [0.1, 0.15) is 37.6 Å². The third-order valence-corrected chi connectivity index (χ3v) is 5.71. The maximum absolute atomic E-state index is 12.6. The van der Waals surface area contributed by atoms with Crippen LogP contribution in [-0.2, 0) is 10.0 Å². The second-order valence-electron chi connectivity index (χ2n) is 6.59. The van der Waals surface area contributed by atoms with Crippen molar-refractivity contribution in [2.24, 2.45) is 0 Å². The highest BCUT2D eigenvalue weighted by molar-refractivity contribution is 7.89. The van der Waals surface area contributed by atoms with E-state index in [1.807, 2.05) is 6.92 Å². The lowest BCUT2D eigenvalue weighted by Gasteiger charge is -2.14. The van der Waals surface area contributed by atoms with Gasteiger partial charge in [-0.25, -0.2) is 13.1 Å². The first-order valence-corrected chi connectivity index (χ1v) is 11.0. The Balaban J connectivity index is 2.19. The summed E-state index contributed by atoms with van der Waals surface area (Å²) in [5, 5.41) is 2.98. The van der Waals surface area contributed by atoms with Crippen molar-refractivity contribution in [3.63, 3.8) is 0 Å². The summed E-state index contributed by atoms with van der Waals surface area (Å²) in [7, 11) is -2.13. The molecule has 9 heteroatoms. The number of hydrogen-bond donors (Lipinski definition) is 2. The molecular formula is C20H25ClN2O5S. The molecule has 0 aliphatic rings. The molecule has 2 aromatic carbocycles. The first-order chi connectivity index (χ1) is 13.7. The predicted octanol–water partition coefficient (Wildman–Crippen LogP) is 4.08. The number of halogens is 1. The van der Waals surface area contributed by atoms with Crippen LogP contribution >= 0.6 is 11.6 Å². The van der Waals surface area contributed by atoms with Crippen LogP contribution in [0.2, 0.25) is 5.02 Å². The number of ether oxygens (including phenoxy) is 2. The molecule has 2 rings (SSSR count). The molecule has 0 radical (unpaired) electrons. The zero-order valence-corrected chi connectivity index (χ0v) is 18.4. The summed E-state index contributed by atoms with van der Waals surface area (Å²) in [4.78, 5) is 12.7. The maximum Gasteiger partial charge on any atom is 0.255 e. The minimum Gasteiger partial charge on any atom is -0.493 e. The van der Waals surface area contributed by atoms with E-state index in [1.54, 1.807) is 13.8 Å². The predicted molar refractivity (Wildman–Crippen MR) is 114 cm³/mol. The third kappa shape index (κ3) is 6.09. The van der Waals surface area contributed by atoms with Gasteiger partial charge in [0.2, 0.25) is 10.0 Å². The molecule has 0 unspecified atom stereocenters. The van der Waals surface area contributed by atoms with Gasteiger partial charge in [-0.15, -0.1) is 0 Å². The molecule has 0 bridgehead atoms. The zero-order chi connectivity index (χ0) is 21.6. The normalized spacial score (nSPS) is 11.4. The topological polar surface area (TPSA) is 93.7 Å². The molecule has 2 N–H and O–H groups in total. The van der Waals surface area contributed by atoms with Gasteiger partial charge in [-0.3, -0.25) is 4.79 Å². The fourth-order valence-corrected chi connectivity index (χ4v) is 4.01. The molecule has 0 spiro atoms. The van der Waals surface area contributed by atoms with Crippen molar-refractivity contribution >= 4 is 33.2 Å². The average molecular weight is 441 g/mol. The largest absolute Gasteiger partial charge is 0.493 e. The van der Waals surface area contributed by atoms with Crippen molar-refractivity contribution in [2.45, 2.75) is 38.1 Å². The van der Waals surface area contributed by atoms with Crippen molar-refractivity contribution in [1.29, 1.82) is 0 Å². The van der Waals surface area contributed by atoms with E-state index in [1.165, 1.54) is 43.5 Å². The molecule has 0 aliphatic carbocycles. The molecule has 29 heavy (non-hydrogen) atoms. The van der Waals surface area contributed by atoms with Gasteiger partial charge in [0.05, 0.1) is 23.6 Å². The van der Waals surface area contributed by atoms with Gasteiger partial charge in [0.1, 0.15) is 0 Å². The molecule has 7 nitrogen and oxygen atoms in total. The Morgan fingerprint density at radius 3 is 2.38 bits per heavy atom. The van der Waals surface area contributed by atoms with Crippen molar-refractivity contribution in [3.8, 4) is 11.5 Å². The molecule has 0 aliphatic heterocycles. The molecule has 0 aromatic heterocycles. The summed E-state index contributed by atoms with van der Waals surface area (Å²) in [5.74, 6) is 0.334. The van der Waals surface area contributed by atoms with E-state index in [0.29, 0.717) is 23.8 Å². The Morgan fingerprint density at radius 2 is 1.83 bits per heavy atom. The first-order valence-electron chi connectivity index (χ1n) is 9.12. The SMILES string of the molecule is CCCOc1c(Cl)cc(C(=O)Nc2ccc(S(=O)(=O)NC(C)C)cc2)cc1OC. The van der Waals surface area contributed by atoms with Crippen LogP contribution in [0.5, 0.6) is 11.5 Å². The van der Waals surface area contributed by atoms with Gasteiger partial charge >= 0.3 is 0 Å². The standard InChI is InChI=1S/C20H25ClN2O5S/c1-5-10-28-19-17(21)11-14(12-18(19)27-4)20(24)22-15-6-8-16(9-7-15)29(25,26)23-13(2)3/h6-9,11-13,23H,5,10H2,1-4H3,(H,22,24). The highest BCUT2D eigenvalue weighted by Gasteiger charge is 2.17. The fraction of sp³-hybridized carbons (Fsp3) is 0.350. The van der Waals surface area contributed by atoms with E-state index >= 15 is 0 Å². The lowest BCUT2D eigenvalue weighted by molar-refractivity contribution is 0.102. The second-order valence-corrected chi connectivity index (χ2v) is 8.71. The van der Waals surface area contributed by atoms with Crippen LogP contribution in [-0.4, -0.2) is 34.1 Å². The molecule has 0 fully saturated rings. The maximum atomic E-state index is 12.6. The van der Waals surface area contributed by atoms with Gasteiger partial charge in [0, 0.05) is 17.3 Å². The van der Waals surface area contributed by atoms with E-state index in [2.05, 4.69) is 10.0 Å². The Bertz CT molecular complexity index is 960. The third-order valence-electron chi connectivity index (χ3n) is 3.76. The molecule has 2 aromatic rings. The van der Waals surface area contributed by atoms with Gasteiger partial charge in [0.15, 0.2) is 11.5 Å². The molecule has 0 heterocycles. The number of hydrogen-bond acceptors (Lipinski definition) is 5. The smallest absolute Gasteiger partial charge is 0.255 e. The number of methoxy groups -OCH3 is 1. The van der Waals surface area contributed by atoms with Crippen molar-refractivity contribution < 1.29 is 22.7 Å². The molecule has 0 saturated carbocycles. The molecule has 1 amide bonds. The van der Waals surface area contributed by atoms with Crippen LogP contribution in [0, 0.1) is 0 Å². The molecule has 158 valence electrons. The van der Waals surface area contributed by atoms with Gasteiger partial charge in [0.25, 0.3) is 5.91 Å². The average Bonchev–Trinajstić information content (AvgIpc) is 2.65. The van der Waals surface area contributed by atoms with Gasteiger partial charge in [-0.05, 0) is 56.7 Å². The van der Waals surface area contributed by atoms with Crippen molar-refractivity contribution in [3.05, 3.63) is 47.0 Å². The monoisotopic (exact) mass is 440 g/mol. The van der Waals surface area contributed by atoms with Gasteiger partial charge in [-0.2, -0.15) is 0 Å². The number of benzene rings is 2. The molecule has 0 saturated heterocycles. The number of anilines is 1. The molecule has 0 atom stereocenters. The Labute approximate surface area is 176 Å². The van der Waals surface area contributed by atoms with E-state index in [4.69, 9.17) is 21.1 Å². The van der Waals surface area contributed by atoms with Gasteiger partial charge in [-0.1, -0.05) is 18.5 Å². The lowest BCUT2D eigenvalue weighted by Crippen LogP contribution is -2.30. The summed E-state index contributed by atoms with van der Waals surface area (Å²) in [6.07, 6.45) is 0.806. The van der Waals surface area contributed by atoms with Crippen LogP contribution in [0.3, 0.4) is 0 Å². The van der Waals surface area contributed by atoms with Crippen molar-refractivity contribution in [1.82, 2.24) is 4.72 Å². The lowest BCUT2D eigenvalue weighted by atomic mass is 10.1. The van der Waals surface area contributed by atoms with Gasteiger partial charge < -0.3 is 14.8 Å². The van der Waals surface area contributed by atoms with E-state index in [-0.39, 0.29) is 21.5 Å². The van der Waals surface area contributed by atoms with E-state index < -0.39 is 15.9 Å². The first kappa shape index (κ1) is 23.0.